The van der Waals surface area contributed by atoms with E-state index in [1.54, 1.807) is 48.9 Å². The Bertz CT molecular complexity index is 1530. The zero-order valence-electron chi connectivity index (χ0n) is 21.1. The first-order chi connectivity index (χ1) is 17.9. The number of carbonyl (C=O) groups excluding carboxylic acids is 2. The summed E-state index contributed by atoms with van der Waals surface area (Å²) < 4.78 is 17.6. The van der Waals surface area contributed by atoms with Crippen molar-refractivity contribution in [1.29, 1.82) is 0 Å². The van der Waals surface area contributed by atoms with Gasteiger partial charge in [-0.1, -0.05) is 48.9 Å². The minimum Gasteiger partial charge on any atom is -0.497 e. The molecule has 0 N–H and O–H groups in total. The lowest BCUT2D eigenvalue weighted by Crippen LogP contribution is -2.40. The molecule has 0 radical (unpaired) electrons. The molecule has 1 aliphatic heterocycles. The number of hydrogen-bond donors (Lipinski definition) is 0. The highest BCUT2D eigenvalue weighted by Gasteiger charge is 2.34. The molecule has 0 saturated carbocycles. The third-order valence-electron chi connectivity index (χ3n) is 5.93. The molecule has 192 valence electrons. The zero-order valence-corrected chi connectivity index (χ0v) is 22.0. The lowest BCUT2D eigenvalue weighted by Gasteiger charge is -2.26. The van der Waals surface area contributed by atoms with Gasteiger partial charge in [-0.25, -0.2) is 14.6 Å². The molecule has 0 amide bonds. The quantitative estimate of drug-likeness (QED) is 0.423. The molecule has 1 aliphatic rings. The molecule has 0 bridgehead atoms. The number of nitrogens with zero attached hydrogens (tertiary/aromatic N) is 2. The van der Waals surface area contributed by atoms with Crippen molar-refractivity contribution in [3.63, 3.8) is 0 Å². The summed E-state index contributed by atoms with van der Waals surface area (Å²) in [6.45, 7) is 3.97. The summed E-state index contributed by atoms with van der Waals surface area (Å²) in [6.07, 6.45) is 3.09. The van der Waals surface area contributed by atoms with E-state index in [1.165, 1.54) is 18.4 Å². The van der Waals surface area contributed by atoms with Crippen molar-refractivity contribution in [2.24, 2.45) is 4.99 Å². The Morgan fingerprint density at radius 2 is 1.84 bits per heavy atom. The Balaban J connectivity index is 1.93. The van der Waals surface area contributed by atoms with Crippen molar-refractivity contribution in [2.75, 3.05) is 20.8 Å². The minimum atomic E-state index is -0.712. The van der Waals surface area contributed by atoms with Crippen LogP contribution in [0.25, 0.3) is 6.08 Å². The SMILES string of the molecule is CCCC1=C(C(=O)OCC)C(c2cccc(OC)c2)n2c(s/c(=C/c3ccc(C(=O)OC)cc3)c2=O)=N1. The van der Waals surface area contributed by atoms with E-state index in [1.807, 2.05) is 31.2 Å². The Labute approximate surface area is 218 Å². The number of methoxy groups -OCH3 is 2. The maximum Gasteiger partial charge on any atom is 0.338 e. The molecule has 0 fully saturated rings. The average Bonchev–Trinajstić information content (AvgIpc) is 3.22. The van der Waals surface area contributed by atoms with E-state index < -0.39 is 18.0 Å². The molecule has 0 aliphatic carbocycles. The van der Waals surface area contributed by atoms with Crippen LogP contribution >= 0.6 is 11.3 Å². The number of aromatic nitrogens is 1. The highest BCUT2D eigenvalue weighted by Crippen LogP contribution is 2.33. The van der Waals surface area contributed by atoms with Crippen LogP contribution in [0, 0.1) is 0 Å². The van der Waals surface area contributed by atoms with Gasteiger partial charge in [-0.3, -0.25) is 9.36 Å². The lowest BCUT2D eigenvalue weighted by atomic mass is 9.94. The zero-order chi connectivity index (χ0) is 26.5. The van der Waals surface area contributed by atoms with Gasteiger partial charge in [-0.2, -0.15) is 0 Å². The smallest absolute Gasteiger partial charge is 0.338 e. The van der Waals surface area contributed by atoms with E-state index in [2.05, 4.69) is 0 Å². The molecule has 1 atom stereocenters. The fourth-order valence-corrected chi connectivity index (χ4v) is 5.25. The fraction of sp³-hybridized carbons (Fsp3) is 0.286. The van der Waals surface area contributed by atoms with Crippen molar-refractivity contribution >= 4 is 29.4 Å². The Kier molecular flexibility index (Phi) is 8.03. The summed E-state index contributed by atoms with van der Waals surface area (Å²) in [4.78, 5) is 44.0. The minimum absolute atomic E-state index is 0.207. The van der Waals surface area contributed by atoms with Crippen molar-refractivity contribution in [2.45, 2.75) is 32.7 Å². The highest BCUT2D eigenvalue weighted by molar-refractivity contribution is 7.07. The van der Waals surface area contributed by atoms with Gasteiger partial charge in [-0.05, 0) is 54.8 Å². The summed E-state index contributed by atoms with van der Waals surface area (Å²) in [7, 11) is 2.90. The summed E-state index contributed by atoms with van der Waals surface area (Å²) in [6, 6.07) is 13.4. The first-order valence-corrected chi connectivity index (χ1v) is 12.8. The van der Waals surface area contributed by atoms with Gasteiger partial charge in [0.25, 0.3) is 5.56 Å². The second-order valence-corrected chi connectivity index (χ2v) is 9.31. The molecule has 0 saturated heterocycles. The topological polar surface area (TPSA) is 96.2 Å². The molecular formula is C28H28N2O6S. The molecular weight excluding hydrogens is 492 g/mol. The molecule has 37 heavy (non-hydrogen) atoms. The van der Waals surface area contributed by atoms with E-state index in [-0.39, 0.29) is 12.2 Å². The third kappa shape index (κ3) is 5.27. The standard InChI is InChI=1S/C28H28N2O6S/c1-5-8-21-23(27(33)36-6-2)24(19-9-7-10-20(16-19)34-3)30-25(31)22(37-28(30)29-21)15-17-11-13-18(14-12-17)26(32)35-4/h7,9-16,24H,5-6,8H2,1-4H3/b22-15+. The number of carbonyl (C=O) groups is 2. The third-order valence-corrected chi connectivity index (χ3v) is 6.91. The van der Waals surface area contributed by atoms with Gasteiger partial charge in [0.05, 0.1) is 48.2 Å². The number of allylic oxidation sites excluding steroid dienone is 1. The number of esters is 2. The van der Waals surface area contributed by atoms with Crippen LogP contribution in [0.5, 0.6) is 5.75 Å². The largest absolute Gasteiger partial charge is 0.497 e. The van der Waals surface area contributed by atoms with Crippen LogP contribution in [-0.4, -0.2) is 37.3 Å². The van der Waals surface area contributed by atoms with Crippen LogP contribution in [0.2, 0.25) is 0 Å². The van der Waals surface area contributed by atoms with E-state index >= 15 is 0 Å². The first-order valence-electron chi connectivity index (χ1n) is 12.0. The van der Waals surface area contributed by atoms with Gasteiger partial charge >= 0.3 is 11.9 Å². The Morgan fingerprint density at radius 3 is 2.49 bits per heavy atom. The van der Waals surface area contributed by atoms with Crippen LogP contribution in [0.3, 0.4) is 0 Å². The van der Waals surface area contributed by atoms with Gasteiger partial charge in [0.15, 0.2) is 4.80 Å². The van der Waals surface area contributed by atoms with Crippen LogP contribution in [0.15, 0.2) is 69.6 Å². The molecule has 4 rings (SSSR count). The monoisotopic (exact) mass is 520 g/mol. The second kappa shape index (κ2) is 11.4. The van der Waals surface area contributed by atoms with E-state index in [0.29, 0.717) is 38.3 Å². The molecule has 0 spiro atoms. The summed E-state index contributed by atoms with van der Waals surface area (Å²) in [5, 5.41) is 0. The van der Waals surface area contributed by atoms with Crippen LogP contribution in [-0.2, 0) is 14.3 Å². The van der Waals surface area contributed by atoms with Gasteiger partial charge in [-0.15, -0.1) is 0 Å². The Morgan fingerprint density at radius 1 is 1.08 bits per heavy atom. The maximum absolute atomic E-state index is 13.8. The highest BCUT2D eigenvalue weighted by atomic mass is 32.1. The normalized spacial score (nSPS) is 15.1. The van der Waals surface area contributed by atoms with Crippen LogP contribution in [0.1, 0.15) is 54.2 Å². The number of fused-ring (bicyclic) bond motifs is 1. The van der Waals surface area contributed by atoms with Crippen LogP contribution in [0.4, 0.5) is 0 Å². The Hall–Kier alpha value is -3.98. The van der Waals surface area contributed by atoms with Crippen LogP contribution < -0.4 is 19.6 Å². The number of ether oxygens (including phenoxy) is 3. The van der Waals surface area contributed by atoms with Gasteiger partial charge in [0.2, 0.25) is 0 Å². The van der Waals surface area contributed by atoms with E-state index in [0.717, 1.165) is 17.5 Å². The van der Waals surface area contributed by atoms with Gasteiger partial charge < -0.3 is 14.2 Å². The number of thiazole rings is 1. The molecule has 2 heterocycles. The lowest BCUT2D eigenvalue weighted by molar-refractivity contribution is -0.139. The molecule has 3 aromatic rings. The second-order valence-electron chi connectivity index (χ2n) is 8.30. The molecule has 1 aromatic heterocycles. The predicted octanol–water partition coefficient (Wildman–Crippen LogP) is 3.37. The predicted molar refractivity (Wildman–Crippen MR) is 140 cm³/mol. The summed E-state index contributed by atoms with van der Waals surface area (Å²) >= 11 is 1.26. The summed E-state index contributed by atoms with van der Waals surface area (Å²) in [5.74, 6) is -0.308. The van der Waals surface area contributed by atoms with Crippen molar-refractivity contribution < 1.29 is 23.8 Å². The fourth-order valence-electron chi connectivity index (χ4n) is 4.23. The molecule has 2 aromatic carbocycles. The van der Waals surface area contributed by atoms with Crippen molar-refractivity contribution in [3.05, 3.63) is 96.2 Å². The molecule has 1 unspecified atom stereocenters. The van der Waals surface area contributed by atoms with Gasteiger partial charge in [0.1, 0.15) is 5.75 Å². The van der Waals surface area contributed by atoms with E-state index in [4.69, 9.17) is 19.2 Å². The average molecular weight is 521 g/mol. The number of hydrogen-bond acceptors (Lipinski definition) is 8. The molecule has 9 heteroatoms. The van der Waals surface area contributed by atoms with Gasteiger partial charge in [0, 0.05) is 0 Å². The van der Waals surface area contributed by atoms with Crippen molar-refractivity contribution in [3.8, 4) is 5.75 Å². The maximum atomic E-state index is 13.8. The first kappa shape index (κ1) is 26.1. The summed E-state index contributed by atoms with van der Waals surface area (Å²) in [5.41, 5.74) is 2.59. The molecule has 8 nitrogen and oxygen atoms in total. The van der Waals surface area contributed by atoms with Crippen molar-refractivity contribution in [1.82, 2.24) is 4.57 Å². The number of rotatable bonds is 8. The van der Waals surface area contributed by atoms with E-state index in [9.17, 15) is 14.4 Å². The number of benzene rings is 2.